The van der Waals surface area contributed by atoms with Crippen molar-refractivity contribution in [1.82, 2.24) is 14.9 Å². The van der Waals surface area contributed by atoms with Crippen molar-refractivity contribution in [1.29, 1.82) is 0 Å². The van der Waals surface area contributed by atoms with Gasteiger partial charge in [0, 0.05) is 5.75 Å². The van der Waals surface area contributed by atoms with Gasteiger partial charge in [-0.25, -0.2) is 0 Å². The molecule has 0 fully saturated rings. The Kier molecular flexibility index (Phi) is 7.61. The molecule has 0 radical (unpaired) electrons. The lowest BCUT2D eigenvalue weighted by Gasteiger charge is -2.15. The number of hydrogen-bond donors (Lipinski definition) is 0. The van der Waals surface area contributed by atoms with Crippen LogP contribution < -0.4 is 0 Å². The molecule has 0 aliphatic carbocycles. The molecule has 27 heavy (non-hydrogen) atoms. The van der Waals surface area contributed by atoms with Gasteiger partial charge in [0.15, 0.2) is 5.82 Å². The minimum Gasteiger partial charge on any atom is -0.496 e. The highest BCUT2D eigenvalue weighted by atomic mass is 32.2. The van der Waals surface area contributed by atoms with Crippen LogP contribution in [0.3, 0.4) is 0 Å². The summed E-state index contributed by atoms with van der Waals surface area (Å²) >= 11 is 1.62. The van der Waals surface area contributed by atoms with Crippen LogP contribution in [0.2, 0.25) is 0 Å². The van der Waals surface area contributed by atoms with E-state index in [2.05, 4.69) is 48.0 Å². The van der Waals surface area contributed by atoms with E-state index in [1.807, 2.05) is 32.9 Å². The van der Waals surface area contributed by atoms with Crippen LogP contribution in [0.15, 0.2) is 65.1 Å². The first-order valence-corrected chi connectivity index (χ1v) is 9.93. The summed E-state index contributed by atoms with van der Waals surface area (Å²) in [6, 6.07) is 8.38. The molecule has 6 heteroatoms. The van der Waals surface area contributed by atoms with Gasteiger partial charge in [-0.1, -0.05) is 74.2 Å². The molecule has 142 valence electrons. The van der Waals surface area contributed by atoms with E-state index in [1.165, 1.54) is 5.56 Å². The molecule has 2 aromatic rings. The van der Waals surface area contributed by atoms with Crippen LogP contribution in [0.4, 0.5) is 0 Å². The molecule has 0 spiro atoms. The zero-order valence-corrected chi connectivity index (χ0v) is 17.4. The third-order valence-electron chi connectivity index (χ3n) is 3.80. The fraction of sp³-hybridized carbons (Fsp3) is 0.286. The van der Waals surface area contributed by atoms with Crippen LogP contribution in [0.5, 0.6) is 0 Å². The summed E-state index contributed by atoms with van der Waals surface area (Å²) in [6.07, 6.45) is 5.52. The lowest BCUT2D eigenvalue weighted by molar-refractivity contribution is 0.309. The molecule has 0 saturated carbocycles. The molecule has 0 amide bonds. The van der Waals surface area contributed by atoms with Gasteiger partial charge in [-0.15, -0.1) is 10.2 Å². The monoisotopic (exact) mass is 382 g/mol. The van der Waals surface area contributed by atoms with Crippen LogP contribution in [-0.2, 0) is 4.74 Å². The Bertz CT molecular complexity index is 876. The van der Waals surface area contributed by atoms with Crippen molar-refractivity contribution in [2.45, 2.75) is 32.9 Å². The van der Waals surface area contributed by atoms with E-state index in [0.29, 0.717) is 11.6 Å². The van der Waals surface area contributed by atoms with Crippen LogP contribution in [0, 0.1) is 6.92 Å². The molecule has 0 saturated heterocycles. The first-order chi connectivity index (χ1) is 13.2. The zero-order chi connectivity index (χ0) is 19.8. The Morgan fingerprint density at radius 2 is 1.93 bits per heavy atom. The summed E-state index contributed by atoms with van der Waals surface area (Å²) < 4.78 is 7.21. The first-order valence-electron chi connectivity index (χ1n) is 8.94. The van der Waals surface area contributed by atoms with E-state index in [-0.39, 0.29) is 0 Å². The number of allylic oxidation sites excluding steroid dienone is 4. The van der Waals surface area contributed by atoms with E-state index in [4.69, 9.17) is 9.84 Å². The standard InChI is InChI=1S/C19H20N4OS.C2H6/c1-5-7-15(17(6-2)24-4)18-20-21-19-23(18)22-16(12-25-19)14-10-8-13(3)9-11-14;1-2/h5-11H,2,12H2,1,3-4H3;1-2H3/b7-5-,17-15-;. The van der Waals surface area contributed by atoms with Crippen LogP contribution in [0.1, 0.15) is 37.7 Å². The third kappa shape index (κ3) is 4.57. The molecule has 0 N–H and O–H groups in total. The summed E-state index contributed by atoms with van der Waals surface area (Å²) in [5.74, 6) is 2.04. The number of methoxy groups -OCH3 is 1. The number of ether oxygens (including phenoxy) is 1. The smallest absolute Gasteiger partial charge is 0.212 e. The minimum atomic E-state index is 0.635. The fourth-order valence-corrected chi connectivity index (χ4v) is 3.36. The van der Waals surface area contributed by atoms with Gasteiger partial charge in [0.1, 0.15) is 5.76 Å². The Labute approximate surface area is 165 Å². The summed E-state index contributed by atoms with van der Waals surface area (Å²) in [5, 5.41) is 14.1. The molecular formula is C21H26N4OS. The number of thioether (sulfide) groups is 1. The second-order valence-electron chi connectivity index (χ2n) is 5.51. The maximum absolute atomic E-state index is 5.43. The van der Waals surface area contributed by atoms with Crippen molar-refractivity contribution in [3.8, 4) is 0 Å². The number of benzene rings is 1. The van der Waals surface area contributed by atoms with E-state index in [0.717, 1.165) is 27.8 Å². The second-order valence-corrected chi connectivity index (χ2v) is 6.45. The Morgan fingerprint density at radius 3 is 2.52 bits per heavy atom. The van der Waals surface area contributed by atoms with E-state index < -0.39 is 0 Å². The van der Waals surface area contributed by atoms with Gasteiger partial charge in [0.05, 0.1) is 18.4 Å². The number of fused-ring (bicyclic) bond motifs is 1. The highest BCUT2D eigenvalue weighted by Gasteiger charge is 2.22. The topological polar surface area (TPSA) is 52.3 Å². The van der Waals surface area contributed by atoms with Gasteiger partial charge < -0.3 is 4.74 Å². The molecule has 1 aromatic heterocycles. The highest BCUT2D eigenvalue weighted by Crippen LogP contribution is 2.29. The first kappa shape index (κ1) is 20.7. The summed E-state index contributed by atoms with van der Waals surface area (Å²) in [7, 11) is 1.61. The number of aryl methyl sites for hydroxylation is 1. The SMILES string of the molecule is C=C/C(OC)=C(\C=C/C)c1nnc2n1N=C(c1ccc(C)cc1)CS2.CC. The molecule has 3 rings (SSSR count). The maximum Gasteiger partial charge on any atom is 0.212 e. The van der Waals surface area contributed by atoms with Crippen molar-refractivity contribution < 1.29 is 4.74 Å². The fourth-order valence-electron chi connectivity index (χ4n) is 2.52. The van der Waals surface area contributed by atoms with E-state index in [9.17, 15) is 0 Å². The van der Waals surface area contributed by atoms with Gasteiger partial charge in [0.25, 0.3) is 0 Å². The van der Waals surface area contributed by atoms with E-state index >= 15 is 0 Å². The number of aromatic nitrogens is 3. The predicted molar refractivity (Wildman–Crippen MR) is 114 cm³/mol. The van der Waals surface area contributed by atoms with Gasteiger partial charge in [0.2, 0.25) is 5.16 Å². The predicted octanol–water partition coefficient (Wildman–Crippen LogP) is 5.09. The Hall–Kier alpha value is -2.60. The molecule has 0 atom stereocenters. The maximum atomic E-state index is 5.43. The Balaban J connectivity index is 0.00000126. The third-order valence-corrected chi connectivity index (χ3v) is 4.73. The summed E-state index contributed by atoms with van der Waals surface area (Å²) in [6.45, 7) is 11.8. The number of hydrogen-bond acceptors (Lipinski definition) is 5. The molecule has 2 heterocycles. The van der Waals surface area contributed by atoms with Gasteiger partial charge in [-0.05, 0) is 25.5 Å². The largest absolute Gasteiger partial charge is 0.496 e. The summed E-state index contributed by atoms with van der Waals surface area (Å²) in [4.78, 5) is 0. The zero-order valence-electron chi connectivity index (χ0n) is 16.6. The molecule has 0 bridgehead atoms. The quantitative estimate of drug-likeness (QED) is 0.534. The summed E-state index contributed by atoms with van der Waals surface area (Å²) in [5.41, 5.74) is 4.13. The van der Waals surface area contributed by atoms with Gasteiger partial charge >= 0.3 is 0 Å². The lowest BCUT2D eigenvalue weighted by Crippen LogP contribution is -2.14. The van der Waals surface area contributed by atoms with Gasteiger partial charge in [-0.3, -0.25) is 0 Å². The number of nitrogens with zero attached hydrogens (tertiary/aromatic N) is 4. The molecule has 5 nitrogen and oxygen atoms in total. The van der Waals surface area contributed by atoms with Crippen molar-refractivity contribution in [2.24, 2.45) is 5.10 Å². The van der Waals surface area contributed by atoms with Crippen LogP contribution in [0.25, 0.3) is 5.57 Å². The van der Waals surface area contributed by atoms with Crippen LogP contribution >= 0.6 is 11.8 Å². The molecule has 1 aliphatic heterocycles. The highest BCUT2D eigenvalue weighted by molar-refractivity contribution is 7.99. The van der Waals surface area contributed by atoms with Gasteiger partial charge in [-0.2, -0.15) is 9.78 Å². The Morgan fingerprint density at radius 1 is 1.22 bits per heavy atom. The normalized spacial score (nSPS) is 13.9. The molecular weight excluding hydrogens is 356 g/mol. The second kappa shape index (κ2) is 9.92. The lowest BCUT2D eigenvalue weighted by atomic mass is 10.1. The van der Waals surface area contributed by atoms with Crippen molar-refractivity contribution >= 4 is 23.0 Å². The van der Waals surface area contributed by atoms with Crippen molar-refractivity contribution in [3.05, 3.63) is 71.8 Å². The average molecular weight is 383 g/mol. The molecule has 1 aliphatic rings. The van der Waals surface area contributed by atoms with E-state index in [1.54, 1.807) is 29.6 Å². The minimum absolute atomic E-state index is 0.635. The van der Waals surface area contributed by atoms with Crippen molar-refractivity contribution in [3.63, 3.8) is 0 Å². The number of rotatable bonds is 5. The van der Waals surface area contributed by atoms with Crippen LogP contribution in [-0.4, -0.2) is 33.4 Å². The average Bonchev–Trinajstić information content (AvgIpc) is 3.13. The van der Waals surface area contributed by atoms with Crippen molar-refractivity contribution in [2.75, 3.05) is 12.9 Å². The molecule has 1 aromatic carbocycles. The molecule has 0 unspecified atom stereocenters.